The Morgan fingerprint density at radius 2 is 1.72 bits per heavy atom. The quantitative estimate of drug-likeness (QED) is 0.791. The van der Waals surface area contributed by atoms with Crippen molar-refractivity contribution in [2.24, 2.45) is 0 Å². The van der Waals surface area contributed by atoms with E-state index in [9.17, 15) is 14.0 Å². The van der Waals surface area contributed by atoms with Crippen molar-refractivity contribution in [3.8, 4) is 0 Å². The van der Waals surface area contributed by atoms with Crippen LogP contribution in [0.15, 0.2) is 48.5 Å². The topological polar surface area (TPSA) is 40.6 Å². The second kappa shape index (κ2) is 7.62. The summed E-state index contributed by atoms with van der Waals surface area (Å²) in [7, 11) is 3.59. The van der Waals surface area contributed by atoms with E-state index in [0.717, 1.165) is 19.3 Å². The van der Waals surface area contributed by atoms with Crippen LogP contribution in [0.1, 0.15) is 53.1 Å². The van der Waals surface area contributed by atoms with Gasteiger partial charge in [-0.2, -0.15) is 0 Å². The van der Waals surface area contributed by atoms with Crippen molar-refractivity contribution in [3.05, 3.63) is 71.0 Å². The summed E-state index contributed by atoms with van der Waals surface area (Å²) in [6.45, 7) is 1.21. The Hall–Kier alpha value is -2.69. The standard InChI is InChI=1S/C24H27FN2O2/c1-26(2)22(28)15-17-16-24(20-9-5-3-7-18(17)20)11-13-27(14-12-24)23(29)19-8-4-6-10-21(19)25/h3-10,17H,11-16H2,1-2H3/t17-/m0/s1. The summed E-state index contributed by atoms with van der Waals surface area (Å²) < 4.78 is 14.0. The van der Waals surface area contributed by atoms with Crippen molar-refractivity contribution in [1.29, 1.82) is 0 Å². The van der Waals surface area contributed by atoms with Crippen molar-refractivity contribution < 1.29 is 14.0 Å². The van der Waals surface area contributed by atoms with Crippen molar-refractivity contribution in [1.82, 2.24) is 9.80 Å². The first kappa shape index (κ1) is 19.6. The summed E-state index contributed by atoms with van der Waals surface area (Å²) in [5.41, 5.74) is 2.75. The molecule has 0 bridgehead atoms. The Morgan fingerprint density at radius 1 is 1.07 bits per heavy atom. The first-order valence-corrected chi connectivity index (χ1v) is 10.2. The average molecular weight is 394 g/mol. The highest BCUT2D eigenvalue weighted by Gasteiger charge is 2.46. The molecule has 1 atom stereocenters. The smallest absolute Gasteiger partial charge is 0.256 e. The molecule has 1 heterocycles. The molecule has 1 aliphatic carbocycles. The average Bonchev–Trinajstić information content (AvgIpc) is 3.02. The molecule has 1 aliphatic heterocycles. The molecule has 5 heteroatoms. The second-order valence-electron chi connectivity index (χ2n) is 8.53. The molecule has 0 saturated carbocycles. The molecule has 2 aliphatic rings. The van der Waals surface area contributed by atoms with Crippen LogP contribution < -0.4 is 0 Å². The lowest BCUT2D eigenvalue weighted by atomic mass is 9.73. The fourth-order valence-corrected chi connectivity index (χ4v) is 5.02. The maximum absolute atomic E-state index is 14.0. The van der Waals surface area contributed by atoms with Crippen molar-refractivity contribution >= 4 is 11.8 Å². The highest BCUT2D eigenvalue weighted by Crippen LogP contribution is 2.52. The van der Waals surface area contributed by atoms with Crippen LogP contribution in [0, 0.1) is 5.82 Å². The molecule has 152 valence electrons. The number of halogens is 1. The van der Waals surface area contributed by atoms with Crippen molar-refractivity contribution in [2.45, 2.75) is 37.0 Å². The van der Waals surface area contributed by atoms with Crippen molar-refractivity contribution in [2.75, 3.05) is 27.2 Å². The van der Waals surface area contributed by atoms with Crippen LogP contribution in [0.25, 0.3) is 0 Å². The lowest BCUT2D eigenvalue weighted by molar-refractivity contribution is -0.129. The number of carbonyl (C=O) groups is 2. The van der Waals surface area contributed by atoms with E-state index < -0.39 is 5.82 Å². The molecule has 0 aromatic heterocycles. The highest BCUT2D eigenvalue weighted by molar-refractivity contribution is 5.94. The maximum atomic E-state index is 14.0. The van der Waals surface area contributed by atoms with Crippen LogP contribution in [0.5, 0.6) is 0 Å². The van der Waals surface area contributed by atoms with Gasteiger partial charge in [-0.25, -0.2) is 4.39 Å². The van der Waals surface area contributed by atoms with Gasteiger partial charge in [0.2, 0.25) is 5.91 Å². The van der Waals surface area contributed by atoms with Gasteiger partial charge in [-0.15, -0.1) is 0 Å². The Balaban J connectivity index is 1.53. The van der Waals surface area contributed by atoms with E-state index in [4.69, 9.17) is 0 Å². The predicted octanol–water partition coefficient (Wildman–Crippen LogP) is 3.97. The first-order chi connectivity index (χ1) is 13.9. The minimum absolute atomic E-state index is 0.000134. The van der Waals surface area contributed by atoms with Crippen LogP contribution in [-0.2, 0) is 10.2 Å². The number of fused-ring (bicyclic) bond motifs is 2. The molecule has 4 rings (SSSR count). The molecule has 0 radical (unpaired) electrons. The number of amides is 2. The Morgan fingerprint density at radius 3 is 2.41 bits per heavy atom. The van der Waals surface area contributed by atoms with E-state index >= 15 is 0 Å². The molecular formula is C24H27FN2O2. The van der Waals surface area contributed by atoms with Gasteiger partial charge in [0.25, 0.3) is 5.91 Å². The van der Waals surface area contributed by atoms with E-state index in [0.29, 0.717) is 19.5 Å². The first-order valence-electron chi connectivity index (χ1n) is 10.2. The summed E-state index contributed by atoms with van der Waals surface area (Å²) in [6, 6.07) is 14.6. The third kappa shape index (κ3) is 3.54. The van der Waals surface area contributed by atoms with Gasteiger partial charge in [-0.1, -0.05) is 36.4 Å². The summed E-state index contributed by atoms with van der Waals surface area (Å²) in [4.78, 5) is 28.6. The summed E-state index contributed by atoms with van der Waals surface area (Å²) in [6.07, 6.45) is 3.14. The second-order valence-corrected chi connectivity index (χ2v) is 8.53. The molecule has 1 saturated heterocycles. The summed E-state index contributed by atoms with van der Waals surface area (Å²) >= 11 is 0. The zero-order chi connectivity index (χ0) is 20.6. The van der Waals surface area contributed by atoms with Gasteiger partial charge in [-0.05, 0) is 53.9 Å². The lowest BCUT2D eigenvalue weighted by Crippen LogP contribution is -2.44. The Bertz CT molecular complexity index is 932. The van der Waals surface area contributed by atoms with Crippen LogP contribution >= 0.6 is 0 Å². The third-order valence-corrected chi connectivity index (χ3v) is 6.64. The fourth-order valence-electron chi connectivity index (χ4n) is 5.02. The molecule has 29 heavy (non-hydrogen) atoms. The Labute approximate surface area is 171 Å². The number of rotatable bonds is 3. The molecule has 4 nitrogen and oxygen atoms in total. The molecule has 2 aromatic carbocycles. The predicted molar refractivity (Wildman–Crippen MR) is 110 cm³/mol. The van der Waals surface area contributed by atoms with Gasteiger partial charge in [0, 0.05) is 33.6 Å². The lowest BCUT2D eigenvalue weighted by Gasteiger charge is -2.40. The van der Waals surface area contributed by atoms with Crippen LogP contribution in [0.2, 0.25) is 0 Å². The van der Waals surface area contributed by atoms with Gasteiger partial charge < -0.3 is 9.80 Å². The normalized spacial score (nSPS) is 19.8. The SMILES string of the molecule is CN(C)C(=O)C[C@H]1CC2(CCN(C(=O)c3ccccc3F)CC2)c2ccccc21. The largest absolute Gasteiger partial charge is 0.349 e. The number of carbonyl (C=O) groups excluding carboxylic acids is 2. The third-order valence-electron chi connectivity index (χ3n) is 6.64. The van der Waals surface area contributed by atoms with E-state index in [1.54, 1.807) is 42.1 Å². The molecule has 2 amide bonds. The van der Waals surface area contributed by atoms with Crippen LogP contribution in [-0.4, -0.2) is 48.8 Å². The molecular weight excluding hydrogens is 367 g/mol. The zero-order valence-corrected chi connectivity index (χ0v) is 17.0. The van der Waals surface area contributed by atoms with Gasteiger partial charge in [0.05, 0.1) is 5.56 Å². The fraction of sp³-hybridized carbons (Fsp3) is 0.417. The maximum Gasteiger partial charge on any atom is 0.256 e. The van der Waals surface area contributed by atoms with Crippen molar-refractivity contribution in [3.63, 3.8) is 0 Å². The number of nitrogens with zero attached hydrogens (tertiary/aromatic N) is 2. The molecule has 0 N–H and O–H groups in total. The zero-order valence-electron chi connectivity index (χ0n) is 17.0. The van der Waals surface area contributed by atoms with E-state index in [2.05, 4.69) is 18.2 Å². The van der Waals surface area contributed by atoms with Gasteiger partial charge in [0.15, 0.2) is 0 Å². The number of hydrogen-bond acceptors (Lipinski definition) is 2. The summed E-state index contributed by atoms with van der Waals surface area (Å²) in [5.74, 6) is -0.334. The molecule has 2 aromatic rings. The summed E-state index contributed by atoms with van der Waals surface area (Å²) in [5, 5.41) is 0. The number of hydrogen-bond donors (Lipinski definition) is 0. The number of piperidine rings is 1. The molecule has 1 spiro atoms. The van der Waals surface area contributed by atoms with E-state index in [1.165, 1.54) is 17.2 Å². The number of likely N-dealkylation sites (tertiary alicyclic amines) is 1. The van der Waals surface area contributed by atoms with Gasteiger partial charge >= 0.3 is 0 Å². The monoisotopic (exact) mass is 394 g/mol. The minimum atomic E-state index is -0.466. The molecule has 0 unspecified atom stereocenters. The minimum Gasteiger partial charge on any atom is -0.349 e. The number of benzene rings is 2. The van der Waals surface area contributed by atoms with Gasteiger partial charge in [-0.3, -0.25) is 9.59 Å². The van der Waals surface area contributed by atoms with Crippen LogP contribution in [0.3, 0.4) is 0 Å². The van der Waals surface area contributed by atoms with E-state index in [1.807, 2.05) is 6.07 Å². The van der Waals surface area contributed by atoms with Crippen LogP contribution in [0.4, 0.5) is 4.39 Å². The Kier molecular flexibility index (Phi) is 5.15. The highest BCUT2D eigenvalue weighted by atomic mass is 19.1. The van der Waals surface area contributed by atoms with Gasteiger partial charge in [0.1, 0.15) is 5.82 Å². The molecule has 1 fully saturated rings. The van der Waals surface area contributed by atoms with E-state index in [-0.39, 0.29) is 28.7 Å².